The molecular weight excluding hydrogens is 240 g/mol. The largest absolute Gasteiger partial charge is 0.312 e. The maximum atomic E-state index is 4.66. The zero-order valence-corrected chi connectivity index (χ0v) is 12.1. The van der Waals surface area contributed by atoms with Gasteiger partial charge in [-0.25, -0.2) is 4.98 Å². The predicted molar refractivity (Wildman–Crippen MR) is 78.8 cm³/mol. The number of rotatable bonds is 5. The van der Waals surface area contributed by atoms with E-state index in [1.165, 1.54) is 10.4 Å². The summed E-state index contributed by atoms with van der Waals surface area (Å²) in [7, 11) is 0. The summed E-state index contributed by atoms with van der Waals surface area (Å²) in [4.78, 5) is 5.99. The molecule has 0 amide bonds. The van der Waals surface area contributed by atoms with Crippen LogP contribution in [-0.4, -0.2) is 11.5 Å². The maximum absolute atomic E-state index is 4.66. The Morgan fingerprint density at radius 3 is 2.61 bits per heavy atom. The van der Waals surface area contributed by atoms with Gasteiger partial charge in [-0.15, -0.1) is 11.3 Å². The van der Waals surface area contributed by atoms with Gasteiger partial charge in [0.25, 0.3) is 0 Å². The third-order valence-electron chi connectivity index (χ3n) is 2.69. The lowest BCUT2D eigenvalue weighted by molar-refractivity contribution is 0.555. The zero-order chi connectivity index (χ0) is 13.0. The lowest BCUT2D eigenvalue weighted by Gasteiger charge is -2.07. The molecule has 1 heterocycles. The molecule has 2 aromatic rings. The van der Waals surface area contributed by atoms with Crippen molar-refractivity contribution < 1.29 is 0 Å². The number of benzene rings is 1. The molecular formula is C15H20N2S. The first kappa shape index (κ1) is 13.2. The predicted octanol–water partition coefficient (Wildman–Crippen LogP) is 3.86. The normalized spacial score (nSPS) is 11.1. The van der Waals surface area contributed by atoms with Crippen LogP contribution in [0.25, 0.3) is 11.3 Å². The van der Waals surface area contributed by atoms with E-state index in [9.17, 15) is 0 Å². The summed E-state index contributed by atoms with van der Waals surface area (Å²) in [5, 5.41) is 4.63. The molecule has 0 bridgehead atoms. The van der Waals surface area contributed by atoms with Gasteiger partial charge in [0, 0.05) is 17.0 Å². The van der Waals surface area contributed by atoms with Crippen LogP contribution in [0.5, 0.6) is 0 Å². The van der Waals surface area contributed by atoms with Crippen LogP contribution in [0.15, 0.2) is 30.3 Å². The second-order valence-corrected chi connectivity index (χ2v) is 6.18. The van der Waals surface area contributed by atoms with Crippen LogP contribution in [0, 0.1) is 12.8 Å². The van der Waals surface area contributed by atoms with E-state index in [-0.39, 0.29) is 0 Å². The molecule has 0 saturated heterocycles. The van der Waals surface area contributed by atoms with E-state index in [0.717, 1.165) is 23.8 Å². The minimum Gasteiger partial charge on any atom is -0.312 e. The van der Waals surface area contributed by atoms with Gasteiger partial charge in [-0.3, -0.25) is 0 Å². The van der Waals surface area contributed by atoms with Gasteiger partial charge < -0.3 is 5.32 Å². The first-order valence-corrected chi connectivity index (χ1v) is 7.21. The minimum absolute atomic E-state index is 0.680. The molecule has 18 heavy (non-hydrogen) atoms. The van der Waals surface area contributed by atoms with Crippen LogP contribution in [0.3, 0.4) is 0 Å². The number of aromatic nitrogens is 1. The van der Waals surface area contributed by atoms with E-state index in [1.807, 2.05) is 6.07 Å². The topological polar surface area (TPSA) is 24.9 Å². The number of hydrogen-bond donors (Lipinski definition) is 1. The van der Waals surface area contributed by atoms with E-state index < -0.39 is 0 Å². The third-order valence-corrected chi connectivity index (χ3v) is 3.66. The second kappa shape index (κ2) is 6.12. The highest BCUT2D eigenvalue weighted by atomic mass is 32.1. The van der Waals surface area contributed by atoms with Crippen molar-refractivity contribution in [2.45, 2.75) is 27.3 Å². The average Bonchev–Trinajstić information content (AvgIpc) is 2.71. The molecule has 0 aliphatic rings. The van der Waals surface area contributed by atoms with Crippen LogP contribution in [0.1, 0.15) is 23.7 Å². The number of nitrogens with one attached hydrogen (secondary N) is 1. The molecule has 96 valence electrons. The molecule has 0 aliphatic heterocycles. The number of aryl methyl sites for hydroxylation is 1. The van der Waals surface area contributed by atoms with E-state index in [0.29, 0.717) is 5.92 Å². The average molecular weight is 260 g/mol. The molecule has 1 aromatic carbocycles. The highest BCUT2D eigenvalue weighted by Crippen LogP contribution is 2.27. The monoisotopic (exact) mass is 260 g/mol. The van der Waals surface area contributed by atoms with Gasteiger partial charge in [-0.1, -0.05) is 44.2 Å². The van der Waals surface area contributed by atoms with Crippen LogP contribution in [0.4, 0.5) is 0 Å². The van der Waals surface area contributed by atoms with Gasteiger partial charge in [-0.2, -0.15) is 0 Å². The summed E-state index contributed by atoms with van der Waals surface area (Å²) in [6.07, 6.45) is 0. The van der Waals surface area contributed by atoms with Crippen molar-refractivity contribution >= 4 is 11.3 Å². The van der Waals surface area contributed by atoms with Crippen molar-refractivity contribution in [3.05, 3.63) is 40.2 Å². The van der Waals surface area contributed by atoms with Gasteiger partial charge in [0.2, 0.25) is 0 Å². The first-order valence-electron chi connectivity index (χ1n) is 6.39. The zero-order valence-electron chi connectivity index (χ0n) is 11.2. The highest BCUT2D eigenvalue weighted by Gasteiger charge is 2.10. The second-order valence-electron chi connectivity index (χ2n) is 4.90. The molecule has 0 atom stereocenters. The fraction of sp³-hybridized carbons (Fsp3) is 0.400. The first-order chi connectivity index (χ1) is 8.66. The summed E-state index contributed by atoms with van der Waals surface area (Å²) >= 11 is 1.79. The molecule has 0 spiro atoms. The molecule has 3 heteroatoms. The SMILES string of the molecule is Cc1nc(-c2ccccc2)c(CNCC(C)C)s1. The summed E-state index contributed by atoms with van der Waals surface area (Å²) in [6, 6.07) is 10.4. The van der Waals surface area contributed by atoms with Crippen molar-refractivity contribution in [2.75, 3.05) is 6.54 Å². The minimum atomic E-state index is 0.680. The molecule has 0 fully saturated rings. The lowest BCUT2D eigenvalue weighted by atomic mass is 10.1. The number of hydrogen-bond acceptors (Lipinski definition) is 3. The van der Waals surface area contributed by atoms with Crippen molar-refractivity contribution in [1.29, 1.82) is 0 Å². The molecule has 0 unspecified atom stereocenters. The Morgan fingerprint density at radius 1 is 1.22 bits per heavy atom. The Balaban J connectivity index is 2.16. The van der Waals surface area contributed by atoms with Gasteiger partial charge in [0.15, 0.2) is 0 Å². The van der Waals surface area contributed by atoms with Crippen LogP contribution in [0.2, 0.25) is 0 Å². The molecule has 1 N–H and O–H groups in total. The molecule has 0 radical (unpaired) electrons. The number of nitrogens with zero attached hydrogens (tertiary/aromatic N) is 1. The van der Waals surface area contributed by atoms with Crippen LogP contribution < -0.4 is 5.32 Å². The molecule has 1 aromatic heterocycles. The Hall–Kier alpha value is -1.19. The fourth-order valence-corrected chi connectivity index (χ4v) is 2.81. The molecule has 0 saturated carbocycles. The fourth-order valence-electron chi connectivity index (χ4n) is 1.88. The van der Waals surface area contributed by atoms with Crippen molar-refractivity contribution in [3.8, 4) is 11.3 Å². The maximum Gasteiger partial charge on any atom is 0.0905 e. The summed E-state index contributed by atoms with van der Waals surface area (Å²) in [5.41, 5.74) is 2.34. The van der Waals surface area contributed by atoms with Crippen molar-refractivity contribution in [2.24, 2.45) is 5.92 Å². The Labute approximate surface area is 113 Å². The van der Waals surface area contributed by atoms with E-state index in [1.54, 1.807) is 11.3 Å². The summed E-state index contributed by atoms with van der Waals surface area (Å²) < 4.78 is 0. The van der Waals surface area contributed by atoms with E-state index in [2.05, 4.69) is 55.3 Å². The van der Waals surface area contributed by atoms with E-state index in [4.69, 9.17) is 0 Å². The van der Waals surface area contributed by atoms with Gasteiger partial charge >= 0.3 is 0 Å². The smallest absolute Gasteiger partial charge is 0.0905 e. The van der Waals surface area contributed by atoms with Gasteiger partial charge in [0.1, 0.15) is 0 Å². The summed E-state index contributed by atoms with van der Waals surface area (Å²) in [6.45, 7) is 8.48. The van der Waals surface area contributed by atoms with Gasteiger partial charge in [0.05, 0.1) is 10.7 Å². The Morgan fingerprint density at radius 2 is 1.94 bits per heavy atom. The standard InChI is InChI=1S/C15H20N2S/c1-11(2)9-16-10-14-15(17-12(3)18-14)13-7-5-4-6-8-13/h4-8,11,16H,9-10H2,1-3H3. The number of thiazole rings is 1. The highest BCUT2D eigenvalue weighted by molar-refractivity contribution is 7.12. The molecule has 2 rings (SSSR count). The molecule has 0 aliphatic carbocycles. The lowest BCUT2D eigenvalue weighted by Crippen LogP contribution is -2.18. The third kappa shape index (κ3) is 3.40. The Kier molecular flexibility index (Phi) is 4.50. The molecule has 2 nitrogen and oxygen atoms in total. The Bertz CT molecular complexity index is 488. The van der Waals surface area contributed by atoms with Crippen LogP contribution >= 0.6 is 11.3 Å². The quantitative estimate of drug-likeness (QED) is 0.883. The van der Waals surface area contributed by atoms with Crippen molar-refractivity contribution in [1.82, 2.24) is 10.3 Å². The van der Waals surface area contributed by atoms with Crippen molar-refractivity contribution in [3.63, 3.8) is 0 Å². The van der Waals surface area contributed by atoms with Crippen LogP contribution in [-0.2, 0) is 6.54 Å². The summed E-state index contributed by atoms with van der Waals surface area (Å²) in [5.74, 6) is 0.680. The van der Waals surface area contributed by atoms with E-state index >= 15 is 0 Å². The van der Waals surface area contributed by atoms with Gasteiger partial charge in [-0.05, 0) is 19.4 Å².